The second-order valence-electron chi connectivity index (χ2n) is 7.55. The number of nitrogens with one attached hydrogen (secondary N) is 1. The van der Waals surface area contributed by atoms with Gasteiger partial charge in [0.15, 0.2) is 0 Å². The Morgan fingerprint density at radius 1 is 1.24 bits per heavy atom. The van der Waals surface area contributed by atoms with Gasteiger partial charge in [0.25, 0.3) is 0 Å². The average Bonchev–Trinajstić information content (AvgIpc) is 2.90. The summed E-state index contributed by atoms with van der Waals surface area (Å²) in [5.41, 5.74) is 1.44. The van der Waals surface area contributed by atoms with Crippen LogP contribution in [0.4, 0.5) is 0 Å². The van der Waals surface area contributed by atoms with Gasteiger partial charge in [0.05, 0.1) is 18.8 Å². The Bertz CT molecular complexity index is 477. The van der Waals surface area contributed by atoms with E-state index in [0.29, 0.717) is 12.2 Å². The van der Waals surface area contributed by atoms with E-state index in [-0.39, 0.29) is 5.54 Å². The Hall–Kier alpha value is -0.840. The van der Waals surface area contributed by atoms with Crippen molar-refractivity contribution in [2.45, 2.75) is 71.4 Å². The lowest BCUT2D eigenvalue weighted by Crippen LogP contribution is -2.42. The van der Waals surface area contributed by atoms with Gasteiger partial charge in [-0.1, -0.05) is 0 Å². The van der Waals surface area contributed by atoms with E-state index < -0.39 is 0 Å². The Balaban J connectivity index is 1.59. The molecule has 0 aromatic carbocycles. The zero-order valence-electron chi connectivity index (χ0n) is 13.7. The number of aryl methyl sites for hydroxylation is 1. The molecule has 0 aliphatic carbocycles. The van der Waals surface area contributed by atoms with Crippen LogP contribution in [0.3, 0.4) is 0 Å². The summed E-state index contributed by atoms with van der Waals surface area (Å²) in [7, 11) is 0. The summed E-state index contributed by atoms with van der Waals surface area (Å²) in [6.07, 6.45) is 3.37. The molecule has 118 valence electrons. The Labute approximate surface area is 127 Å². The second-order valence-corrected chi connectivity index (χ2v) is 7.55. The molecule has 2 aliphatic rings. The molecule has 0 radical (unpaired) electrons. The van der Waals surface area contributed by atoms with Crippen LogP contribution in [-0.4, -0.2) is 35.7 Å². The zero-order chi connectivity index (χ0) is 15.0. The predicted octanol–water partition coefficient (Wildman–Crippen LogP) is 2.84. The van der Waals surface area contributed by atoms with Crippen LogP contribution >= 0.6 is 0 Å². The fourth-order valence-corrected chi connectivity index (χ4v) is 3.25. The third-order valence-corrected chi connectivity index (χ3v) is 4.38. The van der Waals surface area contributed by atoms with E-state index >= 15 is 0 Å². The molecule has 1 N–H and O–H groups in total. The van der Waals surface area contributed by atoms with Crippen molar-refractivity contribution < 1.29 is 9.15 Å². The minimum Gasteiger partial charge on any atom is -0.465 e. The maximum absolute atomic E-state index is 5.90. The number of nitrogens with zero attached hydrogens (tertiary/aromatic N) is 1. The Kier molecular flexibility index (Phi) is 4.12. The highest BCUT2D eigenvalue weighted by Gasteiger charge is 2.33. The summed E-state index contributed by atoms with van der Waals surface area (Å²) in [4.78, 5) is 2.52. The van der Waals surface area contributed by atoms with Crippen molar-refractivity contribution in [3.8, 4) is 0 Å². The molecule has 1 aromatic heterocycles. The van der Waals surface area contributed by atoms with Crippen LogP contribution in [-0.2, 0) is 17.8 Å². The van der Waals surface area contributed by atoms with Crippen LogP contribution in [0.15, 0.2) is 10.5 Å². The number of hydrogen-bond acceptors (Lipinski definition) is 4. The molecule has 2 saturated heterocycles. The van der Waals surface area contributed by atoms with Crippen LogP contribution in [0.5, 0.6) is 0 Å². The van der Waals surface area contributed by atoms with Gasteiger partial charge in [0, 0.05) is 30.7 Å². The van der Waals surface area contributed by atoms with Gasteiger partial charge in [-0.05, 0) is 46.6 Å². The van der Waals surface area contributed by atoms with Crippen molar-refractivity contribution >= 4 is 0 Å². The molecule has 0 spiro atoms. The minimum atomic E-state index is 0.115. The van der Waals surface area contributed by atoms with Crippen LogP contribution in [0.1, 0.15) is 50.7 Å². The lowest BCUT2D eigenvalue weighted by Gasteiger charge is -2.31. The van der Waals surface area contributed by atoms with E-state index in [1.54, 1.807) is 0 Å². The number of hydrogen-bond donors (Lipinski definition) is 1. The standard InChI is InChI=1S/C17H28N2O2/c1-12-13(7-16(20-12)8-18-17(2,3)4)9-19-10-14-5-6-15(11-19)21-14/h7,14-15,18H,5-6,8-11H2,1-4H3. The summed E-state index contributed by atoms with van der Waals surface area (Å²) in [6.45, 7) is 12.5. The SMILES string of the molecule is Cc1oc(CNC(C)(C)C)cc1CN1CC2CCC(C1)O2. The molecule has 3 heterocycles. The monoisotopic (exact) mass is 292 g/mol. The maximum Gasteiger partial charge on any atom is 0.118 e. The van der Waals surface area contributed by atoms with E-state index in [2.05, 4.69) is 44.0 Å². The molecular weight excluding hydrogens is 264 g/mol. The molecule has 0 saturated carbocycles. The van der Waals surface area contributed by atoms with Crippen LogP contribution < -0.4 is 5.32 Å². The Morgan fingerprint density at radius 3 is 2.52 bits per heavy atom. The summed E-state index contributed by atoms with van der Waals surface area (Å²) < 4.78 is 11.8. The van der Waals surface area contributed by atoms with Gasteiger partial charge in [-0.3, -0.25) is 4.90 Å². The fraction of sp³-hybridized carbons (Fsp3) is 0.765. The summed E-state index contributed by atoms with van der Waals surface area (Å²) in [5.74, 6) is 2.09. The molecule has 1 aromatic rings. The maximum atomic E-state index is 5.90. The zero-order valence-corrected chi connectivity index (χ0v) is 13.7. The van der Waals surface area contributed by atoms with Crippen LogP contribution in [0.2, 0.25) is 0 Å². The predicted molar refractivity (Wildman–Crippen MR) is 83.2 cm³/mol. The first-order valence-corrected chi connectivity index (χ1v) is 8.10. The van der Waals surface area contributed by atoms with Crippen molar-refractivity contribution in [3.05, 3.63) is 23.2 Å². The first-order valence-electron chi connectivity index (χ1n) is 8.10. The fourth-order valence-electron chi connectivity index (χ4n) is 3.25. The smallest absolute Gasteiger partial charge is 0.118 e. The van der Waals surface area contributed by atoms with Gasteiger partial charge in [0.1, 0.15) is 11.5 Å². The molecular formula is C17H28N2O2. The summed E-state index contributed by atoms with van der Waals surface area (Å²) in [6, 6.07) is 2.21. The molecule has 2 unspecified atom stereocenters. The molecule has 4 heteroatoms. The molecule has 2 bridgehead atoms. The number of fused-ring (bicyclic) bond motifs is 2. The highest BCUT2D eigenvalue weighted by atomic mass is 16.5. The van der Waals surface area contributed by atoms with Crippen LogP contribution in [0.25, 0.3) is 0 Å². The normalized spacial score (nSPS) is 26.5. The highest BCUT2D eigenvalue weighted by molar-refractivity contribution is 5.21. The number of likely N-dealkylation sites (tertiary alicyclic amines) is 1. The van der Waals surface area contributed by atoms with Crippen molar-refractivity contribution in [1.29, 1.82) is 0 Å². The molecule has 2 fully saturated rings. The van der Waals surface area contributed by atoms with Crippen molar-refractivity contribution in [1.82, 2.24) is 10.2 Å². The van der Waals surface area contributed by atoms with Gasteiger partial charge in [-0.25, -0.2) is 0 Å². The second kappa shape index (κ2) is 5.75. The van der Waals surface area contributed by atoms with E-state index in [4.69, 9.17) is 9.15 Å². The van der Waals surface area contributed by atoms with Gasteiger partial charge in [-0.2, -0.15) is 0 Å². The third kappa shape index (κ3) is 3.87. The summed E-state index contributed by atoms with van der Waals surface area (Å²) in [5, 5.41) is 3.48. The molecule has 4 nitrogen and oxygen atoms in total. The lowest BCUT2D eigenvalue weighted by atomic mass is 10.1. The number of rotatable bonds is 4. The van der Waals surface area contributed by atoms with E-state index in [1.165, 1.54) is 18.4 Å². The largest absolute Gasteiger partial charge is 0.465 e. The molecule has 0 amide bonds. The third-order valence-electron chi connectivity index (χ3n) is 4.38. The quantitative estimate of drug-likeness (QED) is 0.926. The van der Waals surface area contributed by atoms with E-state index in [1.807, 2.05) is 0 Å². The Morgan fingerprint density at radius 2 is 1.90 bits per heavy atom. The van der Waals surface area contributed by atoms with Gasteiger partial charge >= 0.3 is 0 Å². The number of furan rings is 1. The number of ether oxygens (including phenoxy) is 1. The van der Waals surface area contributed by atoms with Crippen molar-refractivity contribution in [2.24, 2.45) is 0 Å². The molecule has 21 heavy (non-hydrogen) atoms. The highest BCUT2D eigenvalue weighted by Crippen LogP contribution is 2.28. The van der Waals surface area contributed by atoms with Crippen LogP contribution in [0, 0.1) is 6.92 Å². The van der Waals surface area contributed by atoms with Gasteiger partial charge in [0.2, 0.25) is 0 Å². The minimum absolute atomic E-state index is 0.115. The topological polar surface area (TPSA) is 37.6 Å². The molecule has 3 rings (SSSR count). The first kappa shape index (κ1) is 15.1. The molecule has 2 aliphatic heterocycles. The van der Waals surface area contributed by atoms with Crippen molar-refractivity contribution in [2.75, 3.05) is 13.1 Å². The lowest BCUT2D eigenvalue weighted by molar-refractivity contribution is -0.0411. The number of morpholine rings is 1. The van der Waals surface area contributed by atoms with E-state index in [0.717, 1.165) is 37.7 Å². The van der Waals surface area contributed by atoms with Crippen molar-refractivity contribution in [3.63, 3.8) is 0 Å². The van der Waals surface area contributed by atoms with Gasteiger partial charge < -0.3 is 14.5 Å². The summed E-state index contributed by atoms with van der Waals surface area (Å²) >= 11 is 0. The van der Waals surface area contributed by atoms with Gasteiger partial charge in [-0.15, -0.1) is 0 Å². The first-order chi connectivity index (χ1) is 9.89. The molecule has 2 atom stereocenters. The average molecular weight is 292 g/mol. The van der Waals surface area contributed by atoms with E-state index in [9.17, 15) is 0 Å².